The molecule has 0 aliphatic heterocycles. The molecule has 152 valence electrons. The minimum atomic E-state index is -3.16. The molecule has 2 heterocycles. The Morgan fingerprint density at radius 3 is 2.38 bits per heavy atom. The second-order valence-electron chi connectivity index (χ2n) is 6.40. The van der Waals surface area contributed by atoms with E-state index in [9.17, 15) is 22.4 Å². The highest BCUT2D eigenvalue weighted by molar-refractivity contribution is 5.49. The molecule has 0 unspecified atom stereocenters. The molecule has 7 nitrogen and oxygen atoms in total. The van der Waals surface area contributed by atoms with E-state index in [1.165, 1.54) is 18.5 Å². The van der Waals surface area contributed by atoms with Crippen LogP contribution in [0.4, 0.5) is 17.6 Å². The van der Waals surface area contributed by atoms with Crippen molar-refractivity contribution in [3.63, 3.8) is 0 Å². The topological polar surface area (TPSA) is 90.2 Å². The number of nitrogens with zero attached hydrogens (tertiary/aromatic N) is 2. The lowest BCUT2D eigenvalue weighted by atomic mass is 9.77. The van der Waals surface area contributed by atoms with Crippen molar-refractivity contribution in [3.8, 4) is 23.1 Å². The third-order valence-corrected chi connectivity index (χ3v) is 4.47. The summed E-state index contributed by atoms with van der Waals surface area (Å²) in [4.78, 5) is 19.2. The molecule has 0 bridgehead atoms. The first-order valence-corrected chi connectivity index (χ1v) is 8.50. The van der Waals surface area contributed by atoms with Gasteiger partial charge in [0.05, 0.1) is 18.5 Å². The molecule has 1 aliphatic carbocycles. The average Bonchev–Trinajstić information content (AvgIpc) is 3.05. The van der Waals surface area contributed by atoms with E-state index in [-0.39, 0.29) is 23.3 Å². The van der Waals surface area contributed by atoms with E-state index < -0.39 is 35.5 Å². The fourth-order valence-electron chi connectivity index (χ4n) is 3.10. The number of hydrogen-bond acceptors (Lipinski definition) is 6. The number of aromatic nitrogens is 3. The lowest BCUT2D eigenvalue weighted by Gasteiger charge is -2.35. The number of benzene rings is 1. The maximum absolute atomic E-state index is 14.1. The molecule has 1 N–H and O–H groups in total. The first-order valence-electron chi connectivity index (χ1n) is 8.50. The van der Waals surface area contributed by atoms with Crippen LogP contribution < -0.4 is 15.0 Å². The summed E-state index contributed by atoms with van der Waals surface area (Å²) in [6, 6.07) is 2.70. The smallest absolute Gasteiger partial charge is 0.387 e. The fourth-order valence-corrected chi connectivity index (χ4v) is 3.10. The standard InChI is InChI=1S/C18H13F4N3O4/c19-11-3-10(28-18(21)22)4-12(20)17(11)8-1-9(2-8)27-16-7-23-13(6-24-16)14-5-15(26)25-29-14/h3-9,18H,1-2H2,(H,25,26). The Bertz CT molecular complexity index is 1040. The lowest BCUT2D eigenvalue weighted by molar-refractivity contribution is -0.0502. The zero-order valence-corrected chi connectivity index (χ0v) is 14.6. The van der Waals surface area contributed by atoms with Crippen molar-refractivity contribution in [2.24, 2.45) is 0 Å². The molecule has 0 saturated heterocycles. The molecule has 11 heteroatoms. The number of rotatable bonds is 6. The van der Waals surface area contributed by atoms with Crippen LogP contribution in [-0.4, -0.2) is 27.8 Å². The van der Waals surface area contributed by atoms with Crippen LogP contribution in [-0.2, 0) is 0 Å². The zero-order chi connectivity index (χ0) is 20.5. The quantitative estimate of drug-likeness (QED) is 0.623. The van der Waals surface area contributed by atoms with E-state index >= 15 is 0 Å². The number of halogens is 4. The second-order valence-corrected chi connectivity index (χ2v) is 6.40. The number of ether oxygens (including phenoxy) is 2. The Hall–Kier alpha value is -3.37. The Labute approximate surface area is 160 Å². The third-order valence-electron chi connectivity index (χ3n) is 4.47. The summed E-state index contributed by atoms with van der Waals surface area (Å²) >= 11 is 0. The highest BCUT2D eigenvalue weighted by Gasteiger charge is 2.36. The van der Waals surface area contributed by atoms with Crippen molar-refractivity contribution in [1.29, 1.82) is 0 Å². The van der Waals surface area contributed by atoms with Crippen LogP contribution in [0.25, 0.3) is 11.5 Å². The van der Waals surface area contributed by atoms with Gasteiger partial charge < -0.3 is 14.0 Å². The van der Waals surface area contributed by atoms with Gasteiger partial charge >= 0.3 is 6.61 Å². The van der Waals surface area contributed by atoms with Crippen LogP contribution in [0.5, 0.6) is 11.6 Å². The molecule has 0 atom stereocenters. The van der Waals surface area contributed by atoms with E-state index in [1.807, 2.05) is 0 Å². The van der Waals surface area contributed by atoms with Crippen LogP contribution in [0.1, 0.15) is 24.3 Å². The van der Waals surface area contributed by atoms with Crippen molar-refractivity contribution < 1.29 is 31.6 Å². The predicted octanol–water partition coefficient (Wildman–Crippen LogP) is 3.63. The van der Waals surface area contributed by atoms with E-state index in [0.717, 1.165) is 12.1 Å². The van der Waals surface area contributed by atoms with Gasteiger partial charge in [0.2, 0.25) is 5.88 Å². The number of aromatic amines is 1. The number of alkyl halides is 2. The van der Waals surface area contributed by atoms with Gasteiger partial charge in [-0.15, -0.1) is 0 Å². The van der Waals surface area contributed by atoms with E-state index in [2.05, 4.69) is 19.9 Å². The molecule has 4 rings (SSSR count). The molecular weight excluding hydrogens is 398 g/mol. The van der Waals surface area contributed by atoms with Gasteiger partial charge in [-0.05, 0) is 18.8 Å². The van der Waals surface area contributed by atoms with Gasteiger partial charge in [-0.3, -0.25) is 4.79 Å². The first-order chi connectivity index (χ1) is 13.9. The maximum Gasteiger partial charge on any atom is 0.387 e. The summed E-state index contributed by atoms with van der Waals surface area (Å²) in [5.41, 5.74) is -0.260. The summed E-state index contributed by atoms with van der Waals surface area (Å²) in [5, 5.41) is 2.14. The molecule has 0 amide bonds. The maximum atomic E-state index is 14.1. The minimum Gasteiger partial charge on any atom is -0.473 e. The highest BCUT2D eigenvalue weighted by Crippen LogP contribution is 2.42. The zero-order valence-electron chi connectivity index (χ0n) is 14.6. The number of nitrogens with one attached hydrogen (secondary N) is 1. The predicted molar refractivity (Wildman–Crippen MR) is 89.7 cm³/mol. The molecular formula is C18H13F4N3O4. The molecule has 29 heavy (non-hydrogen) atoms. The molecule has 0 radical (unpaired) electrons. The molecule has 1 fully saturated rings. The molecule has 0 spiro atoms. The molecule has 1 aromatic carbocycles. The minimum absolute atomic E-state index is 0.185. The third kappa shape index (κ3) is 4.08. The number of H-pyrrole nitrogens is 1. The Morgan fingerprint density at radius 2 is 1.83 bits per heavy atom. The van der Waals surface area contributed by atoms with Crippen LogP contribution in [0.15, 0.2) is 39.9 Å². The molecule has 2 aromatic heterocycles. The summed E-state index contributed by atoms with van der Waals surface area (Å²) in [7, 11) is 0. The van der Waals surface area contributed by atoms with Crippen molar-refractivity contribution in [1.82, 2.24) is 15.1 Å². The van der Waals surface area contributed by atoms with Crippen LogP contribution in [0.2, 0.25) is 0 Å². The summed E-state index contributed by atoms with van der Waals surface area (Å²) in [5.74, 6) is -2.48. The van der Waals surface area contributed by atoms with Gasteiger partial charge in [0.25, 0.3) is 5.56 Å². The summed E-state index contributed by atoms with van der Waals surface area (Å²) in [6.07, 6.45) is 3.00. The van der Waals surface area contributed by atoms with Gasteiger partial charge in [-0.2, -0.15) is 13.9 Å². The Morgan fingerprint density at radius 1 is 1.10 bits per heavy atom. The Kier molecular flexibility index (Phi) is 4.95. The molecule has 1 saturated carbocycles. The normalized spacial score (nSPS) is 18.5. The van der Waals surface area contributed by atoms with Gasteiger partial charge in [-0.25, -0.2) is 18.7 Å². The largest absolute Gasteiger partial charge is 0.473 e. The van der Waals surface area contributed by atoms with Crippen LogP contribution in [0, 0.1) is 11.6 Å². The fraction of sp³-hybridized carbons (Fsp3) is 0.278. The van der Waals surface area contributed by atoms with Gasteiger partial charge in [0.1, 0.15) is 29.2 Å². The first kappa shape index (κ1) is 19.0. The van der Waals surface area contributed by atoms with Gasteiger partial charge in [-0.1, -0.05) is 0 Å². The lowest BCUT2D eigenvalue weighted by Crippen LogP contribution is -2.33. The van der Waals surface area contributed by atoms with Crippen LogP contribution >= 0.6 is 0 Å². The molecule has 3 aromatic rings. The van der Waals surface area contributed by atoms with E-state index in [4.69, 9.17) is 9.26 Å². The van der Waals surface area contributed by atoms with Crippen molar-refractivity contribution >= 4 is 0 Å². The molecule has 1 aliphatic rings. The average molecular weight is 411 g/mol. The summed E-state index contributed by atoms with van der Waals surface area (Å²) in [6.45, 7) is -3.16. The second kappa shape index (κ2) is 7.57. The monoisotopic (exact) mass is 411 g/mol. The van der Waals surface area contributed by atoms with Crippen molar-refractivity contribution in [2.75, 3.05) is 0 Å². The highest BCUT2D eigenvalue weighted by atomic mass is 19.3. The van der Waals surface area contributed by atoms with Gasteiger partial charge in [0, 0.05) is 17.7 Å². The van der Waals surface area contributed by atoms with Crippen molar-refractivity contribution in [3.05, 3.63) is 58.1 Å². The summed E-state index contributed by atoms with van der Waals surface area (Å²) < 4.78 is 67.2. The SMILES string of the molecule is O=c1cc(-c2cnc(OC3CC(c4c(F)cc(OC(F)F)cc4F)C3)cn2)o[nH]1. The Balaban J connectivity index is 1.37. The van der Waals surface area contributed by atoms with Crippen molar-refractivity contribution in [2.45, 2.75) is 31.5 Å². The van der Waals surface area contributed by atoms with Gasteiger partial charge in [0.15, 0.2) is 5.76 Å². The number of hydrogen-bond donors (Lipinski definition) is 1. The van der Waals surface area contributed by atoms with E-state index in [0.29, 0.717) is 18.5 Å². The van der Waals surface area contributed by atoms with E-state index in [1.54, 1.807) is 0 Å². The van der Waals surface area contributed by atoms with Crippen LogP contribution in [0.3, 0.4) is 0 Å².